The maximum atomic E-state index is 13.3. The lowest BCUT2D eigenvalue weighted by molar-refractivity contribution is -0.118. The van der Waals surface area contributed by atoms with E-state index in [1.54, 1.807) is 31.2 Å². The molecule has 0 bridgehead atoms. The summed E-state index contributed by atoms with van der Waals surface area (Å²) >= 11 is 1.23. The zero-order chi connectivity index (χ0) is 20.9. The number of aryl methyl sites for hydroxylation is 1. The minimum atomic E-state index is -3.50. The number of pyridine rings is 1. The number of sulfonamides is 1. The second-order valence-electron chi connectivity index (χ2n) is 6.95. The Morgan fingerprint density at radius 3 is 2.62 bits per heavy atom. The van der Waals surface area contributed by atoms with Crippen molar-refractivity contribution in [3.8, 4) is 0 Å². The molecule has 0 atom stereocenters. The van der Waals surface area contributed by atoms with Gasteiger partial charge >= 0.3 is 0 Å². The van der Waals surface area contributed by atoms with Gasteiger partial charge in [-0.05, 0) is 49.1 Å². The third kappa shape index (κ3) is 5.77. The highest BCUT2D eigenvalue weighted by Crippen LogP contribution is 2.22. The van der Waals surface area contributed by atoms with Crippen LogP contribution in [-0.2, 0) is 21.4 Å². The van der Waals surface area contributed by atoms with Crippen molar-refractivity contribution in [3.05, 3.63) is 53.5 Å². The molecule has 1 aromatic carbocycles. The first-order valence-electron chi connectivity index (χ1n) is 9.47. The Morgan fingerprint density at radius 1 is 1.21 bits per heavy atom. The second kappa shape index (κ2) is 9.69. The number of amides is 1. The van der Waals surface area contributed by atoms with Gasteiger partial charge in [-0.1, -0.05) is 30.3 Å². The van der Waals surface area contributed by atoms with E-state index in [0.29, 0.717) is 30.2 Å². The van der Waals surface area contributed by atoms with E-state index in [4.69, 9.17) is 0 Å². The third-order valence-corrected chi connectivity index (χ3v) is 7.55. The number of carbonyl (C=O) groups excluding carboxylic acids is 1. The predicted molar refractivity (Wildman–Crippen MR) is 111 cm³/mol. The van der Waals surface area contributed by atoms with Crippen LogP contribution in [0.1, 0.15) is 30.4 Å². The molecule has 1 amide bonds. The van der Waals surface area contributed by atoms with Gasteiger partial charge in [0.25, 0.3) is 0 Å². The van der Waals surface area contributed by atoms with E-state index < -0.39 is 10.0 Å². The molecular weight excluding hydrogens is 413 g/mol. The first-order chi connectivity index (χ1) is 13.9. The maximum absolute atomic E-state index is 13.3. The zero-order valence-electron chi connectivity index (χ0n) is 16.2. The van der Waals surface area contributed by atoms with E-state index in [0.717, 1.165) is 24.8 Å². The molecule has 2 heterocycles. The van der Waals surface area contributed by atoms with Crippen LogP contribution in [0.4, 0.5) is 4.39 Å². The minimum absolute atomic E-state index is 0.158. The minimum Gasteiger partial charge on any atom is -0.351 e. The van der Waals surface area contributed by atoms with Gasteiger partial charge in [-0.15, -0.1) is 0 Å². The van der Waals surface area contributed by atoms with Gasteiger partial charge in [0.1, 0.15) is 10.7 Å². The largest absolute Gasteiger partial charge is 0.351 e. The van der Waals surface area contributed by atoms with Crippen molar-refractivity contribution in [2.75, 3.05) is 18.8 Å². The first-order valence-corrected chi connectivity index (χ1v) is 11.9. The summed E-state index contributed by atoms with van der Waals surface area (Å²) in [6, 6.07) is 7.89. The summed E-state index contributed by atoms with van der Waals surface area (Å²) < 4.78 is 40.0. The number of thioether (sulfide) groups is 1. The van der Waals surface area contributed by atoms with Crippen molar-refractivity contribution in [3.63, 3.8) is 0 Å². The fraction of sp³-hybridized carbons (Fsp3) is 0.400. The Balaban J connectivity index is 1.50. The number of halogens is 1. The summed E-state index contributed by atoms with van der Waals surface area (Å²) in [6.45, 7) is 3.09. The molecular formula is C20H24FN3O3S2. The van der Waals surface area contributed by atoms with Crippen LogP contribution in [0.15, 0.2) is 46.5 Å². The molecule has 9 heteroatoms. The quantitative estimate of drug-likeness (QED) is 0.674. The summed E-state index contributed by atoms with van der Waals surface area (Å²) in [5.41, 5.74) is 1.36. The molecule has 0 spiro atoms. The van der Waals surface area contributed by atoms with E-state index in [1.165, 1.54) is 28.3 Å². The molecule has 0 unspecified atom stereocenters. The summed E-state index contributed by atoms with van der Waals surface area (Å²) in [5.74, 6) is -0.290. The van der Waals surface area contributed by atoms with E-state index in [-0.39, 0.29) is 22.4 Å². The number of carbonyl (C=O) groups is 1. The Hall–Kier alpha value is -1.97. The van der Waals surface area contributed by atoms with Crippen molar-refractivity contribution in [2.24, 2.45) is 0 Å². The number of hydrogen-bond donors (Lipinski definition) is 1. The number of benzene rings is 1. The number of piperidine rings is 1. The van der Waals surface area contributed by atoms with E-state index in [2.05, 4.69) is 10.3 Å². The van der Waals surface area contributed by atoms with E-state index in [1.807, 2.05) is 0 Å². The van der Waals surface area contributed by atoms with Gasteiger partial charge in [-0.25, -0.2) is 17.8 Å². The van der Waals surface area contributed by atoms with Crippen LogP contribution in [0.2, 0.25) is 0 Å². The molecule has 1 aromatic heterocycles. The molecule has 2 aromatic rings. The maximum Gasteiger partial charge on any atom is 0.244 e. The Labute approximate surface area is 175 Å². The Morgan fingerprint density at radius 2 is 1.97 bits per heavy atom. The van der Waals surface area contributed by atoms with Crippen LogP contribution in [0, 0.1) is 12.7 Å². The van der Waals surface area contributed by atoms with E-state index in [9.17, 15) is 17.6 Å². The molecule has 0 aliphatic carbocycles. The van der Waals surface area contributed by atoms with Crippen LogP contribution in [-0.4, -0.2) is 42.5 Å². The molecule has 156 valence electrons. The third-order valence-electron chi connectivity index (χ3n) is 4.73. The SMILES string of the molecule is Cc1cc(CNC(=O)CSc2ccc(S(=O)(=O)N3CCCCC3)cn2)ccc1F. The van der Waals surface area contributed by atoms with Crippen LogP contribution < -0.4 is 5.32 Å². The first kappa shape index (κ1) is 21.7. The highest BCUT2D eigenvalue weighted by Gasteiger charge is 2.26. The van der Waals surface area contributed by atoms with E-state index >= 15 is 0 Å². The average molecular weight is 438 g/mol. The van der Waals surface area contributed by atoms with Crippen molar-refractivity contribution in [1.29, 1.82) is 0 Å². The Bertz CT molecular complexity index is 959. The zero-order valence-corrected chi connectivity index (χ0v) is 17.9. The van der Waals surface area contributed by atoms with Crippen LogP contribution in [0.5, 0.6) is 0 Å². The molecule has 29 heavy (non-hydrogen) atoms. The number of nitrogens with one attached hydrogen (secondary N) is 1. The van der Waals surface area contributed by atoms with Crippen LogP contribution >= 0.6 is 11.8 Å². The smallest absolute Gasteiger partial charge is 0.244 e. The monoisotopic (exact) mass is 437 g/mol. The lowest BCUT2D eigenvalue weighted by Crippen LogP contribution is -2.35. The molecule has 1 N–H and O–H groups in total. The fourth-order valence-corrected chi connectivity index (χ4v) is 5.20. The van der Waals surface area contributed by atoms with Crippen molar-refractivity contribution >= 4 is 27.7 Å². The average Bonchev–Trinajstić information content (AvgIpc) is 2.74. The normalized spacial score (nSPS) is 15.2. The molecule has 0 radical (unpaired) electrons. The van der Waals surface area contributed by atoms with Crippen molar-refractivity contribution in [2.45, 2.75) is 42.7 Å². The number of rotatable bonds is 7. The molecule has 3 rings (SSSR count). The molecule has 0 saturated carbocycles. The van der Waals surface area contributed by atoms with Crippen molar-refractivity contribution < 1.29 is 17.6 Å². The van der Waals surface area contributed by atoms with Crippen molar-refractivity contribution in [1.82, 2.24) is 14.6 Å². The summed E-state index contributed by atoms with van der Waals surface area (Å²) in [4.78, 5) is 16.4. The fourth-order valence-electron chi connectivity index (χ4n) is 3.07. The van der Waals surface area contributed by atoms with Crippen LogP contribution in [0.3, 0.4) is 0 Å². The van der Waals surface area contributed by atoms with Gasteiger partial charge in [0, 0.05) is 25.8 Å². The topological polar surface area (TPSA) is 79.4 Å². The van der Waals surface area contributed by atoms with Gasteiger partial charge < -0.3 is 5.32 Å². The second-order valence-corrected chi connectivity index (χ2v) is 9.88. The van der Waals surface area contributed by atoms with Gasteiger partial charge in [-0.2, -0.15) is 4.31 Å². The van der Waals surface area contributed by atoms with Gasteiger partial charge in [0.15, 0.2) is 0 Å². The lowest BCUT2D eigenvalue weighted by atomic mass is 10.1. The molecule has 1 saturated heterocycles. The summed E-state index contributed by atoms with van der Waals surface area (Å²) in [5, 5.41) is 3.36. The molecule has 6 nitrogen and oxygen atoms in total. The van der Waals surface area contributed by atoms with Gasteiger partial charge in [0.2, 0.25) is 15.9 Å². The standard InChI is InChI=1S/C20H24FN3O3S2/c1-15-11-16(5-7-18(15)21)12-22-19(25)14-28-20-8-6-17(13-23-20)29(26,27)24-9-3-2-4-10-24/h5-8,11,13H,2-4,9-10,12,14H2,1H3,(H,22,25). The highest BCUT2D eigenvalue weighted by molar-refractivity contribution is 7.99. The molecule has 1 aliphatic rings. The Kier molecular flexibility index (Phi) is 7.26. The lowest BCUT2D eigenvalue weighted by Gasteiger charge is -2.25. The van der Waals surface area contributed by atoms with Gasteiger partial charge in [0.05, 0.1) is 10.8 Å². The predicted octanol–water partition coefficient (Wildman–Crippen LogP) is 3.11. The number of aromatic nitrogens is 1. The summed E-state index contributed by atoms with van der Waals surface area (Å²) in [7, 11) is -3.50. The van der Waals surface area contributed by atoms with Gasteiger partial charge in [-0.3, -0.25) is 4.79 Å². The highest BCUT2D eigenvalue weighted by atomic mass is 32.2. The number of hydrogen-bond acceptors (Lipinski definition) is 5. The number of nitrogens with zero attached hydrogens (tertiary/aromatic N) is 2. The van der Waals surface area contributed by atoms with Crippen LogP contribution in [0.25, 0.3) is 0 Å². The molecule has 1 fully saturated rings. The summed E-state index contributed by atoms with van der Waals surface area (Å²) in [6.07, 6.45) is 4.18. The molecule has 1 aliphatic heterocycles.